The molecule has 0 spiro atoms. The fourth-order valence-corrected chi connectivity index (χ4v) is 3.86. The van der Waals surface area contributed by atoms with Gasteiger partial charge in [-0.15, -0.1) is 0 Å². The number of hydrogen-bond donors (Lipinski definition) is 2. The molecule has 2 aromatic carbocycles. The Balaban J connectivity index is 1.64. The van der Waals surface area contributed by atoms with Gasteiger partial charge in [-0.1, -0.05) is 24.3 Å². The number of methoxy groups -OCH3 is 1. The molecule has 156 valence electrons. The number of benzene rings is 2. The molecule has 0 saturated carbocycles. The Labute approximate surface area is 177 Å². The van der Waals surface area contributed by atoms with Gasteiger partial charge >= 0.3 is 0 Å². The number of aromatic nitrogens is 2. The number of likely N-dealkylation sites (N-methyl/N-ethyl adjacent to an activating group) is 1. The van der Waals surface area contributed by atoms with Gasteiger partial charge in [-0.05, 0) is 56.1 Å². The summed E-state index contributed by atoms with van der Waals surface area (Å²) in [5.74, 6) is 1.84. The molecule has 3 aromatic rings. The second kappa shape index (κ2) is 8.32. The number of rotatable bonds is 5. The maximum absolute atomic E-state index is 10.2. The third-order valence-corrected chi connectivity index (χ3v) is 5.63. The molecule has 1 aromatic heterocycles. The molecule has 0 fully saturated rings. The van der Waals surface area contributed by atoms with Crippen molar-refractivity contribution in [2.45, 2.75) is 26.3 Å². The number of aromatic hydroxyl groups is 1. The summed E-state index contributed by atoms with van der Waals surface area (Å²) in [7, 11) is 3.68. The Bertz CT molecular complexity index is 1110. The van der Waals surface area contributed by atoms with Crippen LogP contribution in [0.25, 0.3) is 16.5 Å². The molecule has 2 N–H and O–H groups in total. The monoisotopic (exact) mass is 404 g/mol. The smallest absolute Gasteiger partial charge is 0.162 e. The molecular formula is C24H28N4O2. The molecule has 1 aliphatic rings. The molecule has 0 radical (unpaired) electrons. The Morgan fingerprint density at radius 2 is 2.03 bits per heavy atom. The summed E-state index contributed by atoms with van der Waals surface area (Å²) in [5.41, 5.74) is 4.61. The van der Waals surface area contributed by atoms with Gasteiger partial charge in [0.25, 0.3) is 0 Å². The fourth-order valence-electron chi connectivity index (χ4n) is 3.86. The van der Waals surface area contributed by atoms with Crippen LogP contribution >= 0.6 is 0 Å². The van der Waals surface area contributed by atoms with Crippen LogP contribution in [0.1, 0.15) is 36.3 Å². The van der Waals surface area contributed by atoms with Crippen LogP contribution in [0, 0.1) is 6.92 Å². The summed E-state index contributed by atoms with van der Waals surface area (Å²) in [5, 5.41) is 14.5. The van der Waals surface area contributed by atoms with Crippen LogP contribution < -0.4 is 10.1 Å². The molecule has 0 saturated heterocycles. The van der Waals surface area contributed by atoms with Crippen molar-refractivity contribution in [3.8, 4) is 11.5 Å². The Hall–Kier alpha value is -3.12. The highest BCUT2D eigenvalue weighted by molar-refractivity contribution is 5.91. The highest BCUT2D eigenvalue weighted by atomic mass is 16.5. The van der Waals surface area contributed by atoms with Crippen molar-refractivity contribution < 1.29 is 9.84 Å². The van der Waals surface area contributed by atoms with Gasteiger partial charge in [-0.25, -0.2) is 9.97 Å². The minimum Gasteiger partial charge on any atom is -0.504 e. The maximum atomic E-state index is 10.2. The fraction of sp³-hybridized carbons (Fsp3) is 0.333. The van der Waals surface area contributed by atoms with Gasteiger partial charge < -0.3 is 20.1 Å². The minimum atomic E-state index is 0.0403. The molecule has 0 bridgehead atoms. The third-order valence-electron chi connectivity index (χ3n) is 5.63. The number of nitrogens with zero attached hydrogens (tertiary/aromatic N) is 3. The molecule has 6 heteroatoms. The van der Waals surface area contributed by atoms with Gasteiger partial charge in [0.15, 0.2) is 11.5 Å². The quantitative estimate of drug-likeness (QED) is 0.650. The average Bonchev–Trinajstić information content (AvgIpc) is 2.74. The van der Waals surface area contributed by atoms with Gasteiger partial charge in [-0.2, -0.15) is 0 Å². The van der Waals surface area contributed by atoms with Crippen LogP contribution in [-0.2, 0) is 0 Å². The maximum Gasteiger partial charge on any atom is 0.162 e. The first-order valence-electron chi connectivity index (χ1n) is 10.2. The van der Waals surface area contributed by atoms with E-state index in [9.17, 15) is 5.11 Å². The third kappa shape index (κ3) is 4.09. The first kappa shape index (κ1) is 20.2. The average molecular weight is 405 g/mol. The Morgan fingerprint density at radius 1 is 1.20 bits per heavy atom. The first-order chi connectivity index (χ1) is 14.4. The number of anilines is 1. The second-order valence-corrected chi connectivity index (χ2v) is 7.89. The van der Waals surface area contributed by atoms with Crippen LogP contribution in [-0.4, -0.2) is 47.2 Å². The molecule has 0 amide bonds. The van der Waals surface area contributed by atoms with E-state index in [0.717, 1.165) is 30.4 Å². The van der Waals surface area contributed by atoms with Crippen molar-refractivity contribution in [1.29, 1.82) is 0 Å². The number of ether oxygens (including phenoxy) is 1. The number of fused-ring (bicyclic) bond motifs is 1. The van der Waals surface area contributed by atoms with Crippen LogP contribution in [0.3, 0.4) is 0 Å². The van der Waals surface area contributed by atoms with E-state index < -0.39 is 0 Å². The van der Waals surface area contributed by atoms with Crippen LogP contribution in [0.15, 0.2) is 42.5 Å². The van der Waals surface area contributed by atoms with Crippen molar-refractivity contribution in [2.75, 3.05) is 32.6 Å². The van der Waals surface area contributed by atoms with E-state index in [1.807, 2.05) is 6.92 Å². The highest BCUT2D eigenvalue weighted by Crippen LogP contribution is 2.34. The zero-order valence-corrected chi connectivity index (χ0v) is 17.9. The van der Waals surface area contributed by atoms with Gasteiger partial charge in [0.05, 0.1) is 12.6 Å². The van der Waals surface area contributed by atoms with E-state index in [1.165, 1.54) is 23.8 Å². The molecule has 1 atom stereocenters. The van der Waals surface area contributed by atoms with E-state index in [2.05, 4.69) is 64.5 Å². The highest BCUT2D eigenvalue weighted by Gasteiger charge is 2.15. The van der Waals surface area contributed by atoms with E-state index in [0.29, 0.717) is 17.4 Å². The zero-order chi connectivity index (χ0) is 21.3. The Kier molecular flexibility index (Phi) is 5.59. The van der Waals surface area contributed by atoms with Gasteiger partial charge in [-0.3, -0.25) is 0 Å². The topological polar surface area (TPSA) is 70.5 Å². The van der Waals surface area contributed by atoms with Crippen molar-refractivity contribution in [2.24, 2.45) is 0 Å². The van der Waals surface area contributed by atoms with E-state index >= 15 is 0 Å². The predicted octanol–water partition coefficient (Wildman–Crippen LogP) is 4.54. The normalized spacial score (nSPS) is 15.7. The largest absolute Gasteiger partial charge is 0.504 e. The van der Waals surface area contributed by atoms with Crippen LogP contribution in [0.2, 0.25) is 0 Å². The van der Waals surface area contributed by atoms with Crippen molar-refractivity contribution >= 4 is 22.3 Å². The van der Waals surface area contributed by atoms with Crippen molar-refractivity contribution in [3.63, 3.8) is 0 Å². The van der Waals surface area contributed by atoms with Crippen LogP contribution in [0.4, 0.5) is 5.82 Å². The Morgan fingerprint density at radius 3 is 2.77 bits per heavy atom. The number of phenolic OH excluding ortho intramolecular Hbond substituents is 1. The number of nitrogens with one attached hydrogen (secondary N) is 1. The van der Waals surface area contributed by atoms with Gasteiger partial charge in [0, 0.05) is 30.6 Å². The van der Waals surface area contributed by atoms with E-state index in [4.69, 9.17) is 4.74 Å². The molecule has 4 rings (SSSR count). The standard InChI is InChI=1S/C24H28N4O2/c1-15(18-6-5-7-19(12-18)17-8-10-28(3)11-9-17)25-24-20-13-22(29)23(30-4)14-21(20)26-16(2)27-24/h5-8,12-15,29H,9-11H2,1-4H3,(H,25,26,27)/t15-/m1/s1. The minimum absolute atomic E-state index is 0.0403. The van der Waals surface area contributed by atoms with Gasteiger partial charge in [0.2, 0.25) is 0 Å². The molecular weight excluding hydrogens is 376 g/mol. The lowest BCUT2D eigenvalue weighted by molar-refractivity contribution is 0.370. The summed E-state index contributed by atoms with van der Waals surface area (Å²) in [6.07, 6.45) is 3.39. The SMILES string of the molecule is COc1cc2nc(C)nc(N[C@H](C)c3cccc(C4=CCN(C)CC4)c3)c2cc1O. The van der Waals surface area contributed by atoms with Crippen molar-refractivity contribution in [3.05, 3.63) is 59.4 Å². The molecule has 2 heterocycles. The summed E-state index contributed by atoms with van der Waals surface area (Å²) in [4.78, 5) is 11.4. The summed E-state index contributed by atoms with van der Waals surface area (Å²) in [6, 6.07) is 12.1. The molecule has 30 heavy (non-hydrogen) atoms. The lowest BCUT2D eigenvalue weighted by Gasteiger charge is -2.23. The number of hydrogen-bond acceptors (Lipinski definition) is 6. The first-order valence-corrected chi connectivity index (χ1v) is 10.2. The molecule has 0 aliphatic carbocycles. The van der Waals surface area contributed by atoms with Crippen molar-refractivity contribution in [1.82, 2.24) is 14.9 Å². The molecule has 6 nitrogen and oxygen atoms in total. The number of phenols is 1. The lowest BCUT2D eigenvalue weighted by Crippen LogP contribution is -2.23. The lowest BCUT2D eigenvalue weighted by atomic mass is 9.96. The molecule has 1 aliphatic heterocycles. The summed E-state index contributed by atoms with van der Waals surface area (Å²) in [6.45, 7) is 6.06. The summed E-state index contributed by atoms with van der Waals surface area (Å²) >= 11 is 0. The van der Waals surface area contributed by atoms with E-state index in [-0.39, 0.29) is 11.8 Å². The molecule has 0 unspecified atom stereocenters. The zero-order valence-electron chi connectivity index (χ0n) is 17.9. The predicted molar refractivity (Wildman–Crippen MR) is 121 cm³/mol. The van der Waals surface area contributed by atoms with Crippen LogP contribution in [0.5, 0.6) is 11.5 Å². The second-order valence-electron chi connectivity index (χ2n) is 7.89. The van der Waals surface area contributed by atoms with E-state index in [1.54, 1.807) is 12.1 Å². The summed E-state index contributed by atoms with van der Waals surface area (Å²) < 4.78 is 5.22. The van der Waals surface area contributed by atoms with Gasteiger partial charge in [0.1, 0.15) is 11.6 Å². The number of aryl methyl sites for hydroxylation is 1.